The van der Waals surface area contributed by atoms with Crippen molar-refractivity contribution in [3.63, 3.8) is 0 Å². The zero-order chi connectivity index (χ0) is 15.2. The van der Waals surface area contributed by atoms with Crippen LogP contribution in [0.3, 0.4) is 0 Å². The summed E-state index contributed by atoms with van der Waals surface area (Å²) in [6.45, 7) is 7.73. The van der Waals surface area contributed by atoms with Gasteiger partial charge in [-0.1, -0.05) is 63.9 Å². The van der Waals surface area contributed by atoms with E-state index in [2.05, 4.69) is 62.5 Å². The van der Waals surface area contributed by atoms with Gasteiger partial charge in [0.2, 0.25) is 0 Å². The molecule has 0 aliphatic rings. The maximum absolute atomic E-state index is 5.51. The summed E-state index contributed by atoms with van der Waals surface area (Å²) in [5.74, 6) is 1.61. The van der Waals surface area contributed by atoms with Gasteiger partial charge < -0.3 is 10.1 Å². The second kappa shape index (κ2) is 7.46. The molecule has 0 bridgehead atoms. The molecule has 2 aromatic rings. The van der Waals surface area contributed by atoms with Gasteiger partial charge in [0, 0.05) is 11.4 Å². The molecule has 0 spiro atoms. The molecule has 2 heteroatoms. The molecule has 0 saturated heterocycles. The van der Waals surface area contributed by atoms with Crippen LogP contribution >= 0.6 is 0 Å². The van der Waals surface area contributed by atoms with Crippen LogP contribution in [-0.4, -0.2) is 13.7 Å². The maximum Gasteiger partial charge on any atom is 0.126 e. The molecule has 0 amide bonds. The van der Waals surface area contributed by atoms with Gasteiger partial charge in [0.15, 0.2) is 0 Å². The largest absolute Gasteiger partial charge is 0.496 e. The second-order valence-corrected chi connectivity index (χ2v) is 5.51. The number of hydrogen-bond donors (Lipinski definition) is 1. The van der Waals surface area contributed by atoms with Gasteiger partial charge in [0.05, 0.1) is 7.11 Å². The first kappa shape index (κ1) is 15.8. The van der Waals surface area contributed by atoms with E-state index in [0.29, 0.717) is 12.0 Å². The first-order chi connectivity index (χ1) is 10.3. The van der Waals surface area contributed by atoms with E-state index in [0.717, 1.165) is 12.3 Å². The lowest BCUT2D eigenvalue weighted by atomic mass is 9.86. The quantitative estimate of drug-likeness (QED) is 0.778. The van der Waals surface area contributed by atoms with Crippen molar-refractivity contribution in [1.82, 2.24) is 5.32 Å². The minimum absolute atomic E-state index is 0.404. The Hall–Kier alpha value is -1.54. The van der Waals surface area contributed by atoms with Gasteiger partial charge in [0.1, 0.15) is 5.75 Å². The topological polar surface area (TPSA) is 21.3 Å². The highest BCUT2D eigenvalue weighted by atomic mass is 16.5. The SMILES string of the molecule is CCNC(c1ccc(OC)c2ccccc12)C(CC)CC. The third-order valence-corrected chi connectivity index (χ3v) is 4.42. The highest BCUT2D eigenvalue weighted by Gasteiger charge is 2.22. The lowest BCUT2D eigenvalue weighted by Crippen LogP contribution is -2.28. The highest BCUT2D eigenvalue weighted by molar-refractivity contribution is 5.91. The van der Waals surface area contributed by atoms with Crippen molar-refractivity contribution < 1.29 is 4.74 Å². The Morgan fingerprint density at radius 3 is 2.19 bits per heavy atom. The molecule has 1 atom stereocenters. The normalized spacial score (nSPS) is 12.8. The van der Waals surface area contributed by atoms with Crippen LogP contribution < -0.4 is 10.1 Å². The number of rotatable bonds is 7. The Morgan fingerprint density at radius 2 is 1.62 bits per heavy atom. The van der Waals surface area contributed by atoms with Gasteiger partial charge in [-0.15, -0.1) is 0 Å². The zero-order valence-corrected chi connectivity index (χ0v) is 13.6. The summed E-state index contributed by atoms with van der Waals surface area (Å²) in [5.41, 5.74) is 1.39. The fourth-order valence-electron chi connectivity index (χ4n) is 3.25. The van der Waals surface area contributed by atoms with E-state index in [4.69, 9.17) is 4.74 Å². The molecule has 114 valence electrons. The molecule has 1 N–H and O–H groups in total. The van der Waals surface area contributed by atoms with Crippen LogP contribution in [0.5, 0.6) is 5.75 Å². The minimum atomic E-state index is 0.404. The number of ether oxygens (including phenoxy) is 1. The Bertz CT molecular complexity index is 575. The summed E-state index contributed by atoms with van der Waals surface area (Å²) in [4.78, 5) is 0. The average Bonchev–Trinajstić information content (AvgIpc) is 2.54. The van der Waals surface area contributed by atoms with Crippen LogP contribution in [0.1, 0.15) is 45.2 Å². The van der Waals surface area contributed by atoms with Crippen molar-refractivity contribution in [1.29, 1.82) is 0 Å². The number of nitrogens with one attached hydrogen (secondary N) is 1. The number of hydrogen-bond acceptors (Lipinski definition) is 2. The second-order valence-electron chi connectivity index (χ2n) is 5.51. The third kappa shape index (κ3) is 3.21. The van der Waals surface area contributed by atoms with Crippen LogP contribution in [0.4, 0.5) is 0 Å². The lowest BCUT2D eigenvalue weighted by Gasteiger charge is -2.28. The van der Waals surface area contributed by atoms with Crippen LogP contribution in [-0.2, 0) is 0 Å². The summed E-state index contributed by atoms with van der Waals surface area (Å²) in [5, 5.41) is 6.19. The minimum Gasteiger partial charge on any atom is -0.496 e. The zero-order valence-electron chi connectivity index (χ0n) is 13.6. The van der Waals surface area contributed by atoms with E-state index in [1.807, 2.05) is 0 Å². The van der Waals surface area contributed by atoms with Crippen molar-refractivity contribution >= 4 is 10.8 Å². The fraction of sp³-hybridized carbons (Fsp3) is 0.474. The monoisotopic (exact) mass is 285 g/mol. The van der Waals surface area contributed by atoms with Crippen molar-refractivity contribution in [2.45, 2.75) is 39.7 Å². The molecule has 0 saturated carbocycles. The van der Waals surface area contributed by atoms with Crippen molar-refractivity contribution in [3.05, 3.63) is 42.0 Å². The summed E-state index contributed by atoms with van der Waals surface area (Å²) in [6, 6.07) is 13.3. The van der Waals surface area contributed by atoms with E-state index in [-0.39, 0.29) is 0 Å². The van der Waals surface area contributed by atoms with Gasteiger partial charge >= 0.3 is 0 Å². The number of methoxy groups -OCH3 is 1. The third-order valence-electron chi connectivity index (χ3n) is 4.42. The Morgan fingerprint density at radius 1 is 0.952 bits per heavy atom. The molecular formula is C19H27NO. The smallest absolute Gasteiger partial charge is 0.126 e. The average molecular weight is 285 g/mol. The van der Waals surface area contributed by atoms with Gasteiger partial charge in [-0.25, -0.2) is 0 Å². The molecule has 2 nitrogen and oxygen atoms in total. The van der Waals surface area contributed by atoms with Crippen molar-refractivity contribution in [2.75, 3.05) is 13.7 Å². The molecule has 0 aliphatic carbocycles. The van der Waals surface area contributed by atoms with Gasteiger partial charge in [0.25, 0.3) is 0 Å². The molecule has 21 heavy (non-hydrogen) atoms. The molecule has 2 rings (SSSR count). The van der Waals surface area contributed by atoms with E-state index >= 15 is 0 Å². The van der Waals surface area contributed by atoms with Crippen molar-refractivity contribution in [2.24, 2.45) is 5.92 Å². The van der Waals surface area contributed by atoms with E-state index in [1.54, 1.807) is 7.11 Å². The Kier molecular flexibility index (Phi) is 5.63. The summed E-state index contributed by atoms with van der Waals surface area (Å²) in [6.07, 6.45) is 2.38. The van der Waals surface area contributed by atoms with E-state index in [1.165, 1.54) is 29.2 Å². The van der Waals surface area contributed by atoms with Crippen LogP contribution in [0.25, 0.3) is 10.8 Å². The van der Waals surface area contributed by atoms with E-state index in [9.17, 15) is 0 Å². The predicted molar refractivity (Wildman–Crippen MR) is 91.0 cm³/mol. The molecule has 0 fully saturated rings. The molecule has 0 heterocycles. The summed E-state index contributed by atoms with van der Waals surface area (Å²) < 4.78 is 5.51. The van der Waals surface area contributed by atoms with Crippen LogP contribution in [0.15, 0.2) is 36.4 Å². The fourth-order valence-corrected chi connectivity index (χ4v) is 3.25. The molecule has 0 aromatic heterocycles. The van der Waals surface area contributed by atoms with Gasteiger partial charge in [-0.3, -0.25) is 0 Å². The van der Waals surface area contributed by atoms with E-state index < -0.39 is 0 Å². The van der Waals surface area contributed by atoms with Gasteiger partial charge in [-0.2, -0.15) is 0 Å². The van der Waals surface area contributed by atoms with Crippen LogP contribution in [0, 0.1) is 5.92 Å². The predicted octanol–water partition coefficient (Wildman–Crippen LogP) is 4.94. The van der Waals surface area contributed by atoms with Crippen molar-refractivity contribution in [3.8, 4) is 5.75 Å². The molecular weight excluding hydrogens is 258 g/mol. The standard InChI is InChI=1S/C19H27NO/c1-5-14(6-2)19(20-7-3)17-12-13-18(21-4)16-11-9-8-10-15(16)17/h8-14,19-20H,5-7H2,1-4H3. The lowest BCUT2D eigenvalue weighted by molar-refractivity contribution is 0.348. The Balaban J connectivity index is 2.57. The summed E-state index contributed by atoms with van der Waals surface area (Å²) in [7, 11) is 1.74. The maximum atomic E-state index is 5.51. The molecule has 0 aliphatic heterocycles. The molecule has 2 aromatic carbocycles. The first-order valence-electron chi connectivity index (χ1n) is 8.05. The van der Waals surface area contributed by atoms with Crippen LogP contribution in [0.2, 0.25) is 0 Å². The summed E-state index contributed by atoms with van der Waals surface area (Å²) >= 11 is 0. The molecule has 1 unspecified atom stereocenters. The molecule has 0 radical (unpaired) electrons. The number of fused-ring (bicyclic) bond motifs is 1. The van der Waals surface area contributed by atoms with Gasteiger partial charge in [-0.05, 0) is 29.5 Å². The Labute approximate surface area is 128 Å². The first-order valence-corrected chi connectivity index (χ1v) is 8.05. The number of benzene rings is 2. The highest BCUT2D eigenvalue weighted by Crippen LogP contribution is 2.36.